The summed E-state index contributed by atoms with van der Waals surface area (Å²) in [5.41, 5.74) is 2.58. The van der Waals surface area contributed by atoms with Crippen molar-refractivity contribution in [1.82, 2.24) is 4.98 Å². The Labute approximate surface area is 129 Å². The van der Waals surface area contributed by atoms with Crippen molar-refractivity contribution >= 4 is 28.2 Å². The van der Waals surface area contributed by atoms with Crippen molar-refractivity contribution in [2.24, 2.45) is 0 Å². The Morgan fingerprint density at radius 3 is 2.73 bits per heavy atom. The number of aryl methyl sites for hydroxylation is 2. The number of carboxylic acids is 1. The second-order valence-corrected chi connectivity index (χ2v) is 6.08. The molecule has 0 aliphatic rings. The Kier molecular flexibility index (Phi) is 3.70. The molecule has 114 valence electrons. The van der Waals surface area contributed by atoms with Crippen molar-refractivity contribution in [3.05, 3.63) is 46.3 Å². The average molecular weight is 321 g/mol. The van der Waals surface area contributed by atoms with Gasteiger partial charge >= 0.3 is 5.97 Å². The topological polar surface area (TPSA) is 53.1 Å². The normalized spacial score (nSPS) is 11.2. The summed E-state index contributed by atoms with van der Waals surface area (Å²) in [5.74, 6) is -2.29. The number of carboxylic acid groups (broad SMARTS) is 1. The molecule has 0 aliphatic carbocycles. The van der Waals surface area contributed by atoms with E-state index in [4.69, 9.17) is 5.11 Å². The molecule has 0 atom stereocenters. The van der Waals surface area contributed by atoms with Crippen LogP contribution in [0.5, 0.6) is 0 Å². The van der Waals surface area contributed by atoms with E-state index in [-0.39, 0.29) is 18.4 Å². The average Bonchev–Trinajstić information content (AvgIpc) is 3.00. The van der Waals surface area contributed by atoms with Crippen LogP contribution in [0.25, 0.3) is 21.5 Å². The van der Waals surface area contributed by atoms with E-state index in [9.17, 15) is 13.6 Å². The minimum atomic E-state index is -0.945. The Bertz CT molecular complexity index is 867. The molecule has 2 heterocycles. The third kappa shape index (κ3) is 2.62. The molecular formula is C16H13F2NO2S. The number of aliphatic carboxylic acids is 1. The summed E-state index contributed by atoms with van der Waals surface area (Å²) < 4.78 is 27.5. The summed E-state index contributed by atoms with van der Waals surface area (Å²) >= 11 is 1.48. The number of nitrogens with one attached hydrogen (secondary N) is 1. The molecule has 0 saturated carbocycles. The highest BCUT2D eigenvalue weighted by molar-refractivity contribution is 7.13. The van der Waals surface area contributed by atoms with Gasteiger partial charge in [0, 0.05) is 17.9 Å². The third-order valence-electron chi connectivity index (χ3n) is 3.50. The number of halogens is 2. The summed E-state index contributed by atoms with van der Waals surface area (Å²) in [4.78, 5) is 14.7. The van der Waals surface area contributed by atoms with Gasteiger partial charge < -0.3 is 10.1 Å². The predicted octanol–water partition coefficient (Wildman–Crippen LogP) is 4.50. The van der Waals surface area contributed by atoms with Crippen molar-refractivity contribution in [2.45, 2.75) is 19.8 Å². The largest absolute Gasteiger partial charge is 0.481 e. The van der Waals surface area contributed by atoms with E-state index in [1.807, 2.05) is 18.4 Å². The molecule has 1 aromatic carbocycles. The zero-order chi connectivity index (χ0) is 15.9. The van der Waals surface area contributed by atoms with Gasteiger partial charge in [-0.2, -0.15) is 0 Å². The molecule has 2 N–H and O–H groups in total. The standard InChI is InChI=1S/C16H13F2NO2S/c1-8-4-13(22-7-8)16-10(2-3-14(20)21)11-5-9(17)6-12(18)15(11)19-16/h4-7,19H,2-3H2,1H3,(H,20,21). The van der Waals surface area contributed by atoms with Crippen molar-refractivity contribution in [1.29, 1.82) is 0 Å². The number of aromatic nitrogens is 1. The van der Waals surface area contributed by atoms with E-state index in [1.165, 1.54) is 17.4 Å². The number of H-pyrrole nitrogens is 1. The zero-order valence-corrected chi connectivity index (χ0v) is 12.6. The molecule has 0 amide bonds. The highest BCUT2D eigenvalue weighted by Crippen LogP contribution is 2.36. The van der Waals surface area contributed by atoms with Crippen LogP contribution in [0.15, 0.2) is 23.6 Å². The van der Waals surface area contributed by atoms with Crippen molar-refractivity contribution in [3.8, 4) is 10.6 Å². The Morgan fingerprint density at radius 1 is 1.32 bits per heavy atom. The van der Waals surface area contributed by atoms with Crippen molar-refractivity contribution < 1.29 is 18.7 Å². The SMILES string of the molecule is Cc1csc(-c2[nH]c3c(F)cc(F)cc3c2CCC(=O)O)c1. The van der Waals surface area contributed by atoms with Gasteiger partial charge in [0.05, 0.1) is 16.1 Å². The highest BCUT2D eigenvalue weighted by atomic mass is 32.1. The summed E-state index contributed by atoms with van der Waals surface area (Å²) in [6, 6.07) is 4.01. The van der Waals surface area contributed by atoms with Crippen LogP contribution in [0, 0.1) is 18.6 Å². The maximum atomic E-state index is 14.0. The molecule has 22 heavy (non-hydrogen) atoms. The first-order valence-corrected chi connectivity index (χ1v) is 7.60. The first-order valence-electron chi connectivity index (χ1n) is 6.72. The molecule has 0 unspecified atom stereocenters. The monoisotopic (exact) mass is 321 g/mol. The van der Waals surface area contributed by atoms with Crippen LogP contribution in [0.4, 0.5) is 8.78 Å². The number of benzene rings is 1. The quantitative estimate of drug-likeness (QED) is 0.743. The van der Waals surface area contributed by atoms with E-state index >= 15 is 0 Å². The first kappa shape index (κ1) is 14.7. The number of carbonyl (C=O) groups is 1. The molecule has 0 saturated heterocycles. The highest BCUT2D eigenvalue weighted by Gasteiger charge is 2.18. The molecule has 6 heteroatoms. The van der Waals surface area contributed by atoms with Gasteiger partial charge in [-0.25, -0.2) is 8.78 Å². The van der Waals surface area contributed by atoms with Gasteiger partial charge in [-0.15, -0.1) is 11.3 Å². The number of hydrogen-bond donors (Lipinski definition) is 2. The summed E-state index contributed by atoms with van der Waals surface area (Å²) in [6.45, 7) is 1.94. The molecule has 3 nitrogen and oxygen atoms in total. The fourth-order valence-corrected chi connectivity index (χ4v) is 3.46. The van der Waals surface area contributed by atoms with Crippen LogP contribution in [0.3, 0.4) is 0 Å². The summed E-state index contributed by atoms with van der Waals surface area (Å²) in [7, 11) is 0. The van der Waals surface area contributed by atoms with Gasteiger partial charge in [-0.1, -0.05) is 0 Å². The molecular weight excluding hydrogens is 308 g/mol. The minimum Gasteiger partial charge on any atom is -0.481 e. The number of rotatable bonds is 4. The number of hydrogen-bond acceptors (Lipinski definition) is 2. The van der Waals surface area contributed by atoms with Crippen LogP contribution in [-0.2, 0) is 11.2 Å². The van der Waals surface area contributed by atoms with Crippen LogP contribution in [-0.4, -0.2) is 16.1 Å². The van der Waals surface area contributed by atoms with Crippen LogP contribution < -0.4 is 0 Å². The van der Waals surface area contributed by atoms with E-state index in [0.717, 1.165) is 16.5 Å². The molecule has 0 fully saturated rings. The van der Waals surface area contributed by atoms with E-state index in [1.54, 1.807) is 0 Å². The van der Waals surface area contributed by atoms with Gasteiger partial charge in [-0.3, -0.25) is 4.79 Å². The Hall–Kier alpha value is -2.21. The Balaban J connectivity index is 2.23. The van der Waals surface area contributed by atoms with Gasteiger partial charge in [0.1, 0.15) is 11.6 Å². The molecule has 0 aliphatic heterocycles. The van der Waals surface area contributed by atoms with Crippen LogP contribution in [0.1, 0.15) is 17.5 Å². The fraction of sp³-hybridized carbons (Fsp3) is 0.188. The maximum Gasteiger partial charge on any atom is 0.303 e. The smallest absolute Gasteiger partial charge is 0.303 e. The van der Waals surface area contributed by atoms with Crippen LogP contribution >= 0.6 is 11.3 Å². The number of fused-ring (bicyclic) bond motifs is 1. The van der Waals surface area contributed by atoms with E-state index < -0.39 is 17.6 Å². The van der Waals surface area contributed by atoms with Gasteiger partial charge in [0.15, 0.2) is 0 Å². The van der Waals surface area contributed by atoms with E-state index in [2.05, 4.69) is 4.98 Å². The lowest BCUT2D eigenvalue weighted by molar-refractivity contribution is -0.136. The minimum absolute atomic E-state index is 0.0948. The predicted molar refractivity (Wildman–Crippen MR) is 82.2 cm³/mol. The van der Waals surface area contributed by atoms with Crippen molar-refractivity contribution in [3.63, 3.8) is 0 Å². The lowest BCUT2D eigenvalue weighted by Gasteiger charge is -2.01. The van der Waals surface area contributed by atoms with Gasteiger partial charge in [-0.05, 0) is 42.0 Å². The fourth-order valence-electron chi connectivity index (χ4n) is 2.54. The molecule has 0 bridgehead atoms. The van der Waals surface area contributed by atoms with E-state index in [0.29, 0.717) is 16.6 Å². The van der Waals surface area contributed by atoms with Gasteiger partial charge in [0.2, 0.25) is 0 Å². The molecule has 0 spiro atoms. The van der Waals surface area contributed by atoms with Crippen LogP contribution in [0.2, 0.25) is 0 Å². The summed E-state index contributed by atoms with van der Waals surface area (Å²) in [6.07, 6.45) is 0.118. The maximum absolute atomic E-state index is 14.0. The molecule has 3 rings (SSSR count). The lowest BCUT2D eigenvalue weighted by atomic mass is 10.0. The molecule has 2 aromatic heterocycles. The second kappa shape index (κ2) is 5.53. The second-order valence-electron chi connectivity index (χ2n) is 5.17. The Morgan fingerprint density at radius 2 is 2.09 bits per heavy atom. The lowest BCUT2D eigenvalue weighted by Crippen LogP contribution is -1.98. The number of thiophene rings is 1. The number of aromatic amines is 1. The zero-order valence-electron chi connectivity index (χ0n) is 11.7. The molecule has 3 aromatic rings. The molecule has 0 radical (unpaired) electrons. The third-order valence-corrected chi connectivity index (χ3v) is 4.56. The summed E-state index contributed by atoms with van der Waals surface area (Å²) in [5, 5.41) is 11.3. The van der Waals surface area contributed by atoms with Crippen molar-refractivity contribution in [2.75, 3.05) is 0 Å². The van der Waals surface area contributed by atoms with Gasteiger partial charge in [0.25, 0.3) is 0 Å². The first-order chi connectivity index (χ1) is 10.5.